The second kappa shape index (κ2) is 12.6. The smallest absolute Gasteiger partial charge is 0.272 e. The number of hydrogen-bond acceptors (Lipinski definition) is 8. The summed E-state index contributed by atoms with van der Waals surface area (Å²) in [6.07, 6.45) is 5.95. The van der Waals surface area contributed by atoms with E-state index in [-0.39, 0.29) is 11.9 Å². The molecule has 3 saturated heterocycles. The summed E-state index contributed by atoms with van der Waals surface area (Å²) < 4.78 is 25.3. The lowest BCUT2D eigenvalue weighted by Gasteiger charge is -2.43. The highest BCUT2D eigenvalue weighted by molar-refractivity contribution is 7.88. The van der Waals surface area contributed by atoms with E-state index >= 15 is 0 Å². The quantitative estimate of drug-likeness (QED) is 0.506. The summed E-state index contributed by atoms with van der Waals surface area (Å²) >= 11 is 0. The van der Waals surface area contributed by atoms with Crippen molar-refractivity contribution >= 4 is 27.4 Å². The molecule has 1 aromatic carbocycles. The number of carbonyl (C=O) groups is 1. The number of sulfonamides is 1. The van der Waals surface area contributed by atoms with Gasteiger partial charge in [0.1, 0.15) is 17.3 Å². The molecule has 3 aliphatic heterocycles. The number of anilines is 2. The van der Waals surface area contributed by atoms with E-state index in [1.807, 2.05) is 24.8 Å². The summed E-state index contributed by atoms with van der Waals surface area (Å²) in [5.41, 5.74) is 2.59. The Labute approximate surface area is 245 Å². The second-order valence-electron chi connectivity index (χ2n) is 12.0. The van der Waals surface area contributed by atoms with Crippen LogP contribution in [0.1, 0.15) is 54.0 Å². The Morgan fingerprint density at radius 2 is 1.66 bits per heavy atom. The highest BCUT2D eigenvalue weighted by Crippen LogP contribution is 2.27. The number of likely N-dealkylation sites (tertiary alicyclic amines) is 2. The molecule has 3 aliphatic rings. The minimum absolute atomic E-state index is 0.0147. The van der Waals surface area contributed by atoms with Gasteiger partial charge >= 0.3 is 0 Å². The monoisotopic (exact) mass is 583 g/mol. The largest absolute Gasteiger partial charge is 0.371 e. The van der Waals surface area contributed by atoms with Crippen LogP contribution in [0.25, 0.3) is 0 Å². The molecule has 0 aliphatic carbocycles. The third-order valence-corrected chi connectivity index (χ3v) is 10.6. The molecule has 224 valence electrons. The zero-order chi connectivity index (χ0) is 29.1. The topological polar surface area (TPSA) is 102 Å². The number of rotatable bonds is 8. The molecule has 1 unspecified atom stereocenters. The number of carbonyl (C=O) groups excluding carboxylic acids is 1. The fraction of sp³-hybridized carbons (Fsp3) is 0.633. The van der Waals surface area contributed by atoms with E-state index in [0.29, 0.717) is 36.6 Å². The van der Waals surface area contributed by atoms with Crippen molar-refractivity contribution in [2.75, 3.05) is 69.3 Å². The van der Waals surface area contributed by atoms with E-state index in [9.17, 15) is 13.2 Å². The van der Waals surface area contributed by atoms with E-state index in [1.165, 1.54) is 16.2 Å². The first kappa shape index (κ1) is 29.7. The van der Waals surface area contributed by atoms with E-state index in [4.69, 9.17) is 0 Å². The highest BCUT2D eigenvalue weighted by atomic mass is 32.2. The highest BCUT2D eigenvalue weighted by Gasteiger charge is 2.33. The maximum atomic E-state index is 13.6. The molecule has 0 saturated carbocycles. The SMILES string of the molecule is Cc1nc(NCC2CCN(c3ccccc3)C2)c(C)c(C(=O)N2CCC(N3CCC(N(C)S(C)(=O)=O)CC3)CC2)n1. The predicted molar refractivity (Wildman–Crippen MR) is 163 cm³/mol. The van der Waals surface area contributed by atoms with Crippen molar-refractivity contribution in [1.29, 1.82) is 0 Å². The van der Waals surface area contributed by atoms with Gasteiger partial charge in [0.15, 0.2) is 0 Å². The lowest BCUT2D eigenvalue weighted by molar-refractivity contribution is 0.0542. The van der Waals surface area contributed by atoms with Gasteiger partial charge in [0.2, 0.25) is 10.0 Å². The molecule has 2 aromatic rings. The van der Waals surface area contributed by atoms with Crippen LogP contribution in [0.3, 0.4) is 0 Å². The van der Waals surface area contributed by atoms with Crippen molar-refractivity contribution in [3.8, 4) is 0 Å². The molecule has 5 rings (SSSR count). The Morgan fingerprint density at radius 3 is 2.32 bits per heavy atom. The molecule has 1 atom stereocenters. The van der Waals surface area contributed by atoms with Crippen molar-refractivity contribution in [3.05, 3.63) is 47.4 Å². The number of nitrogens with one attached hydrogen (secondary N) is 1. The van der Waals surface area contributed by atoms with Crippen molar-refractivity contribution < 1.29 is 13.2 Å². The molecule has 0 spiro atoms. The number of aromatic nitrogens is 2. The summed E-state index contributed by atoms with van der Waals surface area (Å²) in [6.45, 7) is 9.87. The van der Waals surface area contributed by atoms with Gasteiger partial charge in [-0.05, 0) is 77.1 Å². The zero-order valence-corrected chi connectivity index (χ0v) is 25.7. The molecule has 10 nitrogen and oxygen atoms in total. The van der Waals surface area contributed by atoms with E-state index in [1.54, 1.807) is 7.05 Å². The minimum Gasteiger partial charge on any atom is -0.371 e. The number of amides is 1. The second-order valence-corrected chi connectivity index (χ2v) is 14.0. The van der Waals surface area contributed by atoms with Crippen LogP contribution in [-0.2, 0) is 10.0 Å². The van der Waals surface area contributed by atoms with Crippen LogP contribution in [0, 0.1) is 19.8 Å². The average molecular weight is 584 g/mol. The number of para-hydroxylation sites is 1. The van der Waals surface area contributed by atoms with Crippen LogP contribution in [0.2, 0.25) is 0 Å². The van der Waals surface area contributed by atoms with Crippen molar-refractivity contribution in [1.82, 2.24) is 24.1 Å². The molecule has 1 amide bonds. The fourth-order valence-corrected chi connectivity index (χ4v) is 7.34. The van der Waals surface area contributed by atoms with Crippen molar-refractivity contribution in [3.63, 3.8) is 0 Å². The number of nitrogens with zero attached hydrogens (tertiary/aromatic N) is 6. The van der Waals surface area contributed by atoms with Gasteiger partial charge in [0, 0.05) is 63.1 Å². The van der Waals surface area contributed by atoms with Crippen LogP contribution < -0.4 is 10.2 Å². The fourth-order valence-electron chi connectivity index (χ4n) is 6.59. The van der Waals surface area contributed by atoms with Gasteiger partial charge in [-0.1, -0.05) is 18.2 Å². The Bertz CT molecular complexity index is 1310. The third kappa shape index (κ3) is 7.01. The molecule has 0 radical (unpaired) electrons. The number of piperidine rings is 2. The minimum atomic E-state index is -3.16. The van der Waals surface area contributed by atoms with Crippen LogP contribution in [-0.4, -0.2) is 110 Å². The first-order valence-electron chi connectivity index (χ1n) is 15.0. The molecule has 0 bridgehead atoms. The van der Waals surface area contributed by atoms with Gasteiger partial charge < -0.3 is 20.0 Å². The van der Waals surface area contributed by atoms with Gasteiger partial charge in [-0.3, -0.25) is 4.79 Å². The standard InChI is InChI=1S/C30H45N7O3S/c1-22-28(32-23(2)33-29(22)31-20-24-10-15-37(21-24)26-8-6-5-7-9-26)30(38)36-18-13-27(14-19-36)35-16-11-25(12-17-35)34(3)41(4,39)40/h5-9,24-25,27H,10-21H2,1-4H3,(H,31,32,33). The van der Waals surface area contributed by atoms with E-state index in [2.05, 4.69) is 49.4 Å². The third-order valence-electron chi connectivity index (χ3n) is 9.23. The lowest BCUT2D eigenvalue weighted by atomic mass is 9.97. The predicted octanol–water partition coefficient (Wildman–Crippen LogP) is 2.99. The molecule has 1 aromatic heterocycles. The van der Waals surface area contributed by atoms with Crippen molar-refractivity contribution in [2.45, 2.75) is 58.0 Å². The molecular weight excluding hydrogens is 538 g/mol. The lowest BCUT2D eigenvalue weighted by Crippen LogP contribution is -2.52. The zero-order valence-electron chi connectivity index (χ0n) is 24.9. The van der Waals surface area contributed by atoms with Crippen molar-refractivity contribution in [2.24, 2.45) is 5.92 Å². The molecule has 4 heterocycles. The summed E-state index contributed by atoms with van der Waals surface area (Å²) in [5.74, 6) is 1.87. The van der Waals surface area contributed by atoms with E-state index in [0.717, 1.165) is 76.2 Å². The number of aryl methyl sites for hydroxylation is 1. The van der Waals surface area contributed by atoms with Gasteiger partial charge in [0.05, 0.1) is 6.26 Å². The maximum Gasteiger partial charge on any atom is 0.272 e. The number of hydrogen-bond donors (Lipinski definition) is 1. The Kier molecular flexibility index (Phi) is 9.15. The Balaban J connectivity index is 1.13. The van der Waals surface area contributed by atoms with Gasteiger partial charge in [-0.15, -0.1) is 0 Å². The summed E-state index contributed by atoms with van der Waals surface area (Å²) in [4.78, 5) is 29.7. The van der Waals surface area contributed by atoms with Crippen LogP contribution in [0.15, 0.2) is 30.3 Å². The summed E-state index contributed by atoms with van der Waals surface area (Å²) in [7, 11) is -1.48. The molecule has 3 fully saturated rings. The average Bonchev–Trinajstić information content (AvgIpc) is 3.46. The molecule has 1 N–H and O–H groups in total. The van der Waals surface area contributed by atoms with Crippen LogP contribution in [0.5, 0.6) is 0 Å². The van der Waals surface area contributed by atoms with Gasteiger partial charge in [-0.25, -0.2) is 22.7 Å². The van der Waals surface area contributed by atoms with E-state index < -0.39 is 10.0 Å². The first-order valence-corrected chi connectivity index (χ1v) is 16.8. The van der Waals surface area contributed by atoms with Crippen LogP contribution >= 0.6 is 0 Å². The normalized spacial score (nSPS) is 21.5. The summed E-state index contributed by atoms with van der Waals surface area (Å²) in [5, 5.41) is 3.54. The molecule has 11 heteroatoms. The number of benzene rings is 1. The molecular formula is C30H45N7O3S. The summed E-state index contributed by atoms with van der Waals surface area (Å²) in [6, 6.07) is 11.0. The first-order chi connectivity index (χ1) is 19.6. The van der Waals surface area contributed by atoms with Gasteiger partial charge in [0.25, 0.3) is 5.91 Å². The Morgan fingerprint density at radius 1 is 0.976 bits per heavy atom. The van der Waals surface area contributed by atoms with Crippen LogP contribution in [0.4, 0.5) is 11.5 Å². The van der Waals surface area contributed by atoms with Gasteiger partial charge in [-0.2, -0.15) is 0 Å². The maximum absolute atomic E-state index is 13.6. The molecule has 41 heavy (non-hydrogen) atoms. The Hall–Kier alpha value is -2.76.